The van der Waals surface area contributed by atoms with Crippen LogP contribution in [0, 0.1) is 5.92 Å². The minimum Gasteiger partial charge on any atom is -0.312 e. The van der Waals surface area contributed by atoms with E-state index in [4.69, 9.17) is 0 Å². The summed E-state index contributed by atoms with van der Waals surface area (Å²) in [5.74, 6) is 0.764. The Hall–Kier alpha value is -0.380. The molecule has 0 aliphatic carbocycles. The second-order valence-electron chi connectivity index (χ2n) is 5.64. The molecule has 0 aromatic carbocycles. The lowest BCUT2D eigenvalue weighted by atomic mass is 9.98. The van der Waals surface area contributed by atoms with Crippen molar-refractivity contribution >= 4 is 11.3 Å². The zero-order valence-corrected chi connectivity index (χ0v) is 12.7. The van der Waals surface area contributed by atoms with Gasteiger partial charge in [0.1, 0.15) is 0 Å². The van der Waals surface area contributed by atoms with Crippen molar-refractivity contribution in [2.45, 2.75) is 52.2 Å². The lowest BCUT2D eigenvalue weighted by Crippen LogP contribution is -2.43. The number of rotatable bonds is 4. The summed E-state index contributed by atoms with van der Waals surface area (Å²) in [6.45, 7) is 10.5. The zero-order chi connectivity index (χ0) is 13.0. The van der Waals surface area contributed by atoms with Crippen molar-refractivity contribution < 1.29 is 0 Å². The largest absolute Gasteiger partial charge is 0.312 e. The third-order valence-electron chi connectivity index (χ3n) is 4.32. The molecule has 3 unspecified atom stereocenters. The fourth-order valence-corrected chi connectivity index (χ4v) is 3.32. The van der Waals surface area contributed by atoms with Crippen LogP contribution in [0.25, 0.3) is 0 Å². The minimum absolute atomic E-state index is 0.651. The summed E-state index contributed by atoms with van der Waals surface area (Å²) in [5.41, 5.74) is 1.47. The van der Waals surface area contributed by atoms with Gasteiger partial charge in [0.25, 0.3) is 0 Å². The molecule has 1 aromatic heterocycles. The van der Waals surface area contributed by atoms with E-state index in [0.717, 1.165) is 19.0 Å². The monoisotopic (exact) mass is 266 g/mol. The van der Waals surface area contributed by atoms with Crippen LogP contribution in [0.2, 0.25) is 0 Å². The molecule has 3 atom stereocenters. The molecule has 1 aliphatic rings. The smallest absolute Gasteiger partial charge is 0.0245 e. The van der Waals surface area contributed by atoms with Gasteiger partial charge in [-0.1, -0.05) is 20.3 Å². The maximum atomic E-state index is 3.73. The van der Waals surface area contributed by atoms with Crippen LogP contribution < -0.4 is 5.32 Å². The molecule has 2 rings (SSSR count). The lowest BCUT2D eigenvalue weighted by Gasteiger charge is -2.31. The molecule has 18 heavy (non-hydrogen) atoms. The summed E-state index contributed by atoms with van der Waals surface area (Å²) in [6, 6.07) is 3.60. The van der Waals surface area contributed by atoms with E-state index in [0.29, 0.717) is 12.1 Å². The second-order valence-corrected chi connectivity index (χ2v) is 6.42. The Bertz CT molecular complexity index is 336. The molecule has 0 spiro atoms. The average Bonchev–Trinajstić information content (AvgIpc) is 2.81. The first-order valence-electron chi connectivity index (χ1n) is 7.19. The van der Waals surface area contributed by atoms with Gasteiger partial charge in [0.2, 0.25) is 0 Å². The molecule has 2 nitrogen and oxygen atoms in total. The highest BCUT2D eigenvalue weighted by Crippen LogP contribution is 2.19. The molecule has 2 heterocycles. The summed E-state index contributed by atoms with van der Waals surface area (Å²) in [5, 5.41) is 8.20. The lowest BCUT2D eigenvalue weighted by molar-refractivity contribution is 0.180. The van der Waals surface area contributed by atoms with E-state index in [2.05, 4.69) is 47.8 Å². The molecule has 1 N–H and O–H groups in total. The van der Waals surface area contributed by atoms with E-state index in [9.17, 15) is 0 Å². The Morgan fingerprint density at radius 2 is 2.39 bits per heavy atom. The fourth-order valence-electron chi connectivity index (χ4n) is 2.66. The number of thiophene rings is 1. The number of hydrogen-bond acceptors (Lipinski definition) is 3. The van der Waals surface area contributed by atoms with Crippen LogP contribution in [0.15, 0.2) is 16.8 Å². The van der Waals surface area contributed by atoms with Crippen molar-refractivity contribution in [3.05, 3.63) is 22.4 Å². The normalized spacial score (nSPS) is 27.9. The van der Waals surface area contributed by atoms with Crippen LogP contribution in [0.1, 0.15) is 39.2 Å². The summed E-state index contributed by atoms with van der Waals surface area (Å²) in [4.78, 5) is 2.65. The molecule has 0 saturated carbocycles. The highest BCUT2D eigenvalue weighted by atomic mass is 32.1. The minimum atomic E-state index is 0.651. The molecule has 1 fully saturated rings. The van der Waals surface area contributed by atoms with E-state index < -0.39 is 0 Å². The van der Waals surface area contributed by atoms with Crippen molar-refractivity contribution in [1.29, 1.82) is 0 Å². The predicted molar refractivity (Wildman–Crippen MR) is 80.1 cm³/mol. The molecule has 0 amide bonds. The van der Waals surface area contributed by atoms with Gasteiger partial charge in [-0.05, 0) is 48.2 Å². The van der Waals surface area contributed by atoms with Crippen LogP contribution in [0.3, 0.4) is 0 Å². The van der Waals surface area contributed by atoms with Gasteiger partial charge in [0.15, 0.2) is 0 Å². The number of nitrogens with zero attached hydrogens (tertiary/aromatic N) is 1. The Morgan fingerprint density at radius 3 is 3.06 bits per heavy atom. The van der Waals surface area contributed by atoms with Crippen LogP contribution in [-0.4, -0.2) is 30.1 Å². The van der Waals surface area contributed by atoms with Gasteiger partial charge in [0, 0.05) is 25.2 Å². The predicted octanol–water partition coefficient (Wildman–Crippen LogP) is 3.35. The van der Waals surface area contributed by atoms with E-state index in [1.807, 2.05) is 0 Å². The van der Waals surface area contributed by atoms with Gasteiger partial charge in [-0.3, -0.25) is 4.90 Å². The quantitative estimate of drug-likeness (QED) is 0.899. The molecular formula is C15H26N2S. The van der Waals surface area contributed by atoms with Gasteiger partial charge in [-0.25, -0.2) is 0 Å². The standard InChI is InChI=1S/C15H26N2S/c1-4-12(2)15-10-17(13(3)5-7-16-15)9-14-6-8-18-11-14/h6,8,11-13,15-16H,4-5,7,9-10H2,1-3H3. The van der Waals surface area contributed by atoms with Crippen LogP contribution in [0.5, 0.6) is 0 Å². The molecule has 1 aromatic rings. The van der Waals surface area contributed by atoms with Crippen molar-refractivity contribution in [3.8, 4) is 0 Å². The molecule has 1 aliphatic heterocycles. The molecule has 3 heteroatoms. The summed E-state index contributed by atoms with van der Waals surface area (Å²) in [6.07, 6.45) is 2.52. The van der Waals surface area contributed by atoms with E-state index >= 15 is 0 Å². The summed E-state index contributed by atoms with van der Waals surface area (Å²) >= 11 is 1.80. The molecule has 0 bridgehead atoms. The maximum absolute atomic E-state index is 3.73. The van der Waals surface area contributed by atoms with Crippen LogP contribution in [0.4, 0.5) is 0 Å². The highest BCUT2D eigenvalue weighted by molar-refractivity contribution is 7.07. The SMILES string of the molecule is CCC(C)C1CN(Cc2ccsc2)C(C)CCN1. The van der Waals surface area contributed by atoms with Crippen LogP contribution >= 0.6 is 11.3 Å². The highest BCUT2D eigenvalue weighted by Gasteiger charge is 2.25. The van der Waals surface area contributed by atoms with Gasteiger partial charge in [0.05, 0.1) is 0 Å². The van der Waals surface area contributed by atoms with E-state index in [-0.39, 0.29) is 0 Å². The molecular weight excluding hydrogens is 240 g/mol. The first-order chi connectivity index (χ1) is 8.70. The van der Waals surface area contributed by atoms with Crippen molar-refractivity contribution in [3.63, 3.8) is 0 Å². The molecule has 102 valence electrons. The van der Waals surface area contributed by atoms with Crippen molar-refractivity contribution in [2.24, 2.45) is 5.92 Å². The first kappa shape index (κ1) is 14.0. The topological polar surface area (TPSA) is 15.3 Å². The van der Waals surface area contributed by atoms with Gasteiger partial charge < -0.3 is 5.32 Å². The Kier molecular flexibility index (Phi) is 5.22. The molecule has 1 saturated heterocycles. The Labute approximate surface area is 115 Å². The Morgan fingerprint density at radius 1 is 1.56 bits per heavy atom. The maximum Gasteiger partial charge on any atom is 0.0245 e. The fraction of sp³-hybridized carbons (Fsp3) is 0.733. The third-order valence-corrected chi connectivity index (χ3v) is 5.05. The van der Waals surface area contributed by atoms with E-state index in [1.165, 1.54) is 24.9 Å². The number of nitrogens with one attached hydrogen (secondary N) is 1. The molecule has 0 radical (unpaired) electrons. The number of hydrogen-bond donors (Lipinski definition) is 1. The van der Waals surface area contributed by atoms with E-state index in [1.54, 1.807) is 11.3 Å². The first-order valence-corrected chi connectivity index (χ1v) is 8.13. The zero-order valence-electron chi connectivity index (χ0n) is 11.9. The average molecular weight is 266 g/mol. The van der Waals surface area contributed by atoms with Gasteiger partial charge in [-0.15, -0.1) is 0 Å². The van der Waals surface area contributed by atoms with Gasteiger partial charge >= 0.3 is 0 Å². The third kappa shape index (κ3) is 3.56. The van der Waals surface area contributed by atoms with Gasteiger partial charge in [-0.2, -0.15) is 11.3 Å². The Balaban J connectivity index is 2.01. The summed E-state index contributed by atoms with van der Waals surface area (Å²) in [7, 11) is 0. The van der Waals surface area contributed by atoms with Crippen molar-refractivity contribution in [2.75, 3.05) is 13.1 Å². The summed E-state index contributed by atoms with van der Waals surface area (Å²) < 4.78 is 0. The van der Waals surface area contributed by atoms with Crippen LogP contribution in [-0.2, 0) is 6.54 Å². The van der Waals surface area contributed by atoms with Crippen molar-refractivity contribution in [1.82, 2.24) is 10.2 Å². The second kappa shape index (κ2) is 6.69.